The molecule has 1 atom stereocenters. The van der Waals surface area contributed by atoms with Gasteiger partial charge in [-0.2, -0.15) is 0 Å². The van der Waals surface area contributed by atoms with Gasteiger partial charge in [-0.25, -0.2) is 13.2 Å². The van der Waals surface area contributed by atoms with Gasteiger partial charge in [0.15, 0.2) is 0 Å². The minimum absolute atomic E-state index is 0.128. The molecule has 0 heterocycles. The fraction of sp³-hybridized carbons (Fsp3) is 0.130. The van der Waals surface area contributed by atoms with E-state index in [0.29, 0.717) is 11.4 Å². The van der Waals surface area contributed by atoms with E-state index in [0.717, 1.165) is 11.8 Å². The van der Waals surface area contributed by atoms with Gasteiger partial charge in [-0.05, 0) is 55.0 Å². The first-order valence-corrected chi connectivity index (χ1v) is 12.2. The van der Waals surface area contributed by atoms with Crippen molar-refractivity contribution in [1.29, 1.82) is 0 Å². The van der Waals surface area contributed by atoms with Crippen LogP contribution in [0, 0.1) is 0 Å². The van der Waals surface area contributed by atoms with Gasteiger partial charge in [0.1, 0.15) is 0 Å². The maximum Gasteiger partial charge on any atom is 0.323 e. The van der Waals surface area contributed by atoms with Crippen molar-refractivity contribution in [3.05, 3.63) is 88.9 Å². The molecule has 0 radical (unpaired) electrons. The van der Waals surface area contributed by atoms with E-state index in [4.69, 9.17) is 11.6 Å². The second-order valence-electron chi connectivity index (χ2n) is 7.33. The fourth-order valence-corrected chi connectivity index (χ4v) is 3.77. The zero-order valence-corrected chi connectivity index (χ0v) is 19.5. The molecule has 4 N–H and O–H groups in total. The number of para-hydroxylation sites is 1. The molecule has 3 aromatic carbocycles. The molecule has 10 heteroatoms. The first-order chi connectivity index (χ1) is 15.6. The first kappa shape index (κ1) is 24.1. The van der Waals surface area contributed by atoms with Gasteiger partial charge in [0.25, 0.3) is 5.91 Å². The molecule has 0 spiro atoms. The van der Waals surface area contributed by atoms with Crippen LogP contribution in [-0.2, 0) is 10.0 Å². The third-order valence-electron chi connectivity index (χ3n) is 4.57. The van der Waals surface area contributed by atoms with Crippen LogP contribution in [0.3, 0.4) is 0 Å². The number of sulfonamides is 1. The summed E-state index contributed by atoms with van der Waals surface area (Å²) in [6.07, 6.45) is 1.00. The Balaban J connectivity index is 1.61. The summed E-state index contributed by atoms with van der Waals surface area (Å²) in [5, 5.41) is 8.52. The fourth-order valence-electron chi connectivity index (χ4n) is 2.98. The zero-order chi connectivity index (χ0) is 24.0. The maximum absolute atomic E-state index is 12.6. The number of carbonyl (C=O) groups excluding carboxylic acids is 2. The number of urea groups is 1. The molecule has 8 nitrogen and oxygen atoms in total. The maximum atomic E-state index is 12.6. The highest BCUT2D eigenvalue weighted by molar-refractivity contribution is 7.92. The lowest BCUT2D eigenvalue weighted by Gasteiger charge is -2.16. The molecule has 3 amide bonds. The minimum atomic E-state index is -3.54. The Morgan fingerprint density at radius 1 is 0.879 bits per heavy atom. The summed E-state index contributed by atoms with van der Waals surface area (Å²) in [4.78, 5) is 24.8. The predicted molar refractivity (Wildman–Crippen MR) is 131 cm³/mol. The normalized spacial score (nSPS) is 11.8. The average Bonchev–Trinajstić information content (AvgIpc) is 2.75. The molecule has 0 bridgehead atoms. The van der Waals surface area contributed by atoms with E-state index >= 15 is 0 Å². The second-order valence-corrected chi connectivity index (χ2v) is 9.49. The largest absolute Gasteiger partial charge is 0.346 e. The summed E-state index contributed by atoms with van der Waals surface area (Å²) in [5.41, 5.74) is 2.48. The summed E-state index contributed by atoms with van der Waals surface area (Å²) >= 11 is 6.01. The number of rotatable bonds is 7. The predicted octanol–water partition coefficient (Wildman–Crippen LogP) is 4.85. The molecule has 3 aromatic rings. The van der Waals surface area contributed by atoms with E-state index in [1.807, 2.05) is 25.1 Å². The van der Waals surface area contributed by atoms with Crippen LogP contribution in [0.15, 0.2) is 72.8 Å². The number of amides is 3. The number of anilines is 3. The molecule has 0 saturated carbocycles. The summed E-state index contributed by atoms with van der Waals surface area (Å²) in [5.74, 6) is -0.389. The molecule has 0 aliphatic heterocycles. The van der Waals surface area contributed by atoms with E-state index in [2.05, 4.69) is 20.7 Å². The van der Waals surface area contributed by atoms with Crippen molar-refractivity contribution in [2.45, 2.75) is 13.0 Å². The van der Waals surface area contributed by atoms with Crippen molar-refractivity contribution in [2.24, 2.45) is 0 Å². The topological polar surface area (TPSA) is 116 Å². The van der Waals surface area contributed by atoms with Crippen LogP contribution in [0.4, 0.5) is 21.9 Å². The van der Waals surface area contributed by atoms with Gasteiger partial charge in [-0.1, -0.05) is 41.9 Å². The number of hydrogen-bond donors (Lipinski definition) is 4. The molecule has 33 heavy (non-hydrogen) atoms. The Morgan fingerprint density at radius 2 is 1.48 bits per heavy atom. The highest BCUT2D eigenvalue weighted by Gasteiger charge is 2.15. The van der Waals surface area contributed by atoms with Gasteiger partial charge >= 0.3 is 6.03 Å². The third kappa shape index (κ3) is 7.23. The van der Waals surface area contributed by atoms with Crippen molar-refractivity contribution < 1.29 is 18.0 Å². The minimum Gasteiger partial charge on any atom is -0.346 e. The van der Waals surface area contributed by atoms with Gasteiger partial charge in [0.05, 0.1) is 23.0 Å². The highest BCUT2D eigenvalue weighted by Crippen LogP contribution is 2.24. The Labute approximate surface area is 197 Å². The van der Waals surface area contributed by atoms with Crippen molar-refractivity contribution in [3.63, 3.8) is 0 Å². The molecule has 3 rings (SSSR count). The lowest BCUT2D eigenvalue weighted by Crippen LogP contribution is -2.26. The summed E-state index contributed by atoms with van der Waals surface area (Å²) in [6, 6.07) is 19.8. The van der Waals surface area contributed by atoms with Crippen molar-refractivity contribution in [1.82, 2.24) is 5.32 Å². The van der Waals surface area contributed by atoms with Crippen molar-refractivity contribution >= 4 is 50.6 Å². The second kappa shape index (κ2) is 10.4. The molecule has 0 saturated heterocycles. The van der Waals surface area contributed by atoms with Gasteiger partial charge in [-0.3, -0.25) is 9.52 Å². The molecule has 0 fully saturated rings. The van der Waals surface area contributed by atoms with Gasteiger partial charge in [-0.15, -0.1) is 0 Å². The Bertz CT molecular complexity index is 1250. The molecule has 172 valence electrons. The monoisotopic (exact) mass is 486 g/mol. The number of benzene rings is 3. The molecular formula is C23H23ClN4O4S. The van der Waals surface area contributed by atoms with E-state index in [1.54, 1.807) is 36.4 Å². The highest BCUT2D eigenvalue weighted by atomic mass is 35.5. The molecule has 0 aliphatic rings. The molecular weight excluding hydrogens is 464 g/mol. The van der Waals surface area contributed by atoms with Crippen molar-refractivity contribution in [2.75, 3.05) is 21.6 Å². The van der Waals surface area contributed by atoms with Gasteiger partial charge < -0.3 is 16.0 Å². The van der Waals surface area contributed by atoms with Crippen LogP contribution < -0.4 is 20.7 Å². The van der Waals surface area contributed by atoms with Crippen LogP contribution >= 0.6 is 11.6 Å². The Kier molecular flexibility index (Phi) is 7.57. The number of nitrogens with one attached hydrogen (secondary N) is 4. The Morgan fingerprint density at radius 3 is 2.09 bits per heavy atom. The van der Waals surface area contributed by atoms with Gasteiger partial charge in [0, 0.05) is 16.9 Å². The van der Waals surface area contributed by atoms with Crippen LogP contribution in [-0.4, -0.2) is 26.6 Å². The summed E-state index contributed by atoms with van der Waals surface area (Å²) < 4.78 is 25.3. The van der Waals surface area contributed by atoms with Crippen LogP contribution in [0.1, 0.15) is 28.9 Å². The van der Waals surface area contributed by atoms with Crippen LogP contribution in [0.5, 0.6) is 0 Å². The molecule has 0 aromatic heterocycles. The summed E-state index contributed by atoms with van der Waals surface area (Å²) in [6.45, 7) is 1.81. The van der Waals surface area contributed by atoms with E-state index in [1.165, 1.54) is 18.2 Å². The lowest BCUT2D eigenvalue weighted by atomic mass is 10.1. The lowest BCUT2D eigenvalue weighted by molar-refractivity contribution is 0.0940. The Hall–Kier alpha value is -3.56. The number of halogens is 1. The SMILES string of the molecule is CC(NC(=O)c1ccc(Cl)c(NS(C)(=O)=O)c1)c1ccc(NC(=O)Nc2ccccc2)cc1. The standard InChI is InChI=1S/C23H23ClN4O4S/c1-15(25-22(29)17-10-13-20(24)21(14-17)28-33(2,31)32)16-8-11-19(12-9-16)27-23(30)26-18-6-4-3-5-7-18/h3-15,28H,1-2H3,(H,25,29)(H2,26,27,30). The van der Waals surface area contributed by atoms with E-state index in [-0.39, 0.29) is 34.3 Å². The first-order valence-electron chi connectivity index (χ1n) is 9.92. The number of hydrogen-bond acceptors (Lipinski definition) is 4. The van der Waals surface area contributed by atoms with Gasteiger partial charge in [0.2, 0.25) is 10.0 Å². The molecule has 0 aliphatic carbocycles. The average molecular weight is 487 g/mol. The van der Waals surface area contributed by atoms with Crippen LogP contribution in [0.2, 0.25) is 5.02 Å². The molecule has 1 unspecified atom stereocenters. The summed E-state index contributed by atoms with van der Waals surface area (Å²) in [7, 11) is -3.54. The van der Waals surface area contributed by atoms with E-state index in [9.17, 15) is 18.0 Å². The smallest absolute Gasteiger partial charge is 0.323 e. The number of carbonyl (C=O) groups is 2. The third-order valence-corrected chi connectivity index (χ3v) is 5.49. The van der Waals surface area contributed by atoms with Crippen LogP contribution in [0.25, 0.3) is 0 Å². The van der Waals surface area contributed by atoms with Crippen molar-refractivity contribution in [3.8, 4) is 0 Å². The quantitative estimate of drug-likeness (QED) is 0.382. The zero-order valence-electron chi connectivity index (χ0n) is 17.9. The van der Waals surface area contributed by atoms with E-state index < -0.39 is 10.0 Å².